The molecule has 4 rings (SSSR count). The van der Waals surface area contributed by atoms with Crippen molar-refractivity contribution >= 4 is 0 Å². The molecule has 1 unspecified atom stereocenters. The van der Waals surface area contributed by atoms with E-state index in [-0.39, 0.29) is 12.2 Å². The van der Waals surface area contributed by atoms with Gasteiger partial charge in [0.1, 0.15) is 0 Å². The molecule has 0 aromatic carbocycles. The molecular formula is C14H23NO3. The molecule has 1 heterocycles. The van der Waals surface area contributed by atoms with Gasteiger partial charge in [-0.2, -0.15) is 0 Å². The van der Waals surface area contributed by atoms with Crippen LogP contribution in [0.4, 0.5) is 0 Å². The van der Waals surface area contributed by atoms with Crippen molar-refractivity contribution in [1.82, 2.24) is 0 Å². The molecule has 0 aromatic heterocycles. The first-order valence-corrected chi connectivity index (χ1v) is 7.41. The molecule has 102 valence electrons. The van der Waals surface area contributed by atoms with Crippen LogP contribution in [0.3, 0.4) is 0 Å². The van der Waals surface area contributed by atoms with Crippen LogP contribution < -0.4 is 5.73 Å². The standard InChI is InChI=1S/C14H23NO3/c1-2-16-13-17-10-6-14(7-11(10)18-13)9-4-3-8(5-9)12(14)15/h8-13H,2-7,15H2,1H3/t8-,9?,10-,11-,12-,13?,14?/m1/s1. The minimum atomic E-state index is -0.433. The first kappa shape index (κ1) is 11.6. The van der Waals surface area contributed by atoms with E-state index in [1.807, 2.05) is 6.92 Å². The molecule has 5 atom stereocenters. The maximum atomic E-state index is 6.51. The summed E-state index contributed by atoms with van der Waals surface area (Å²) < 4.78 is 17.1. The first-order valence-electron chi connectivity index (χ1n) is 7.41. The third-order valence-electron chi connectivity index (χ3n) is 5.91. The highest BCUT2D eigenvalue weighted by molar-refractivity contribution is 5.14. The second kappa shape index (κ2) is 3.92. The molecule has 3 saturated carbocycles. The van der Waals surface area contributed by atoms with Crippen molar-refractivity contribution in [3.8, 4) is 0 Å². The zero-order valence-corrected chi connectivity index (χ0v) is 11.0. The maximum absolute atomic E-state index is 6.51. The Morgan fingerprint density at radius 3 is 2.50 bits per heavy atom. The van der Waals surface area contributed by atoms with Crippen molar-refractivity contribution < 1.29 is 14.2 Å². The van der Waals surface area contributed by atoms with Crippen LogP contribution in [-0.2, 0) is 14.2 Å². The lowest BCUT2D eigenvalue weighted by atomic mass is 9.69. The summed E-state index contributed by atoms with van der Waals surface area (Å²) in [4.78, 5) is 0. The molecule has 4 aliphatic rings. The van der Waals surface area contributed by atoms with E-state index in [0.717, 1.165) is 24.7 Å². The van der Waals surface area contributed by atoms with E-state index < -0.39 is 6.48 Å². The minimum Gasteiger partial charge on any atom is -0.330 e. The summed E-state index contributed by atoms with van der Waals surface area (Å²) in [7, 11) is 0. The highest BCUT2D eigenvalue weighted by atomic mass is 16.9. The predicted molar refractivity (Wildman–Crippen MR) is 65.6 cm³/mol. The smallest absolute Gasteiger partial charge is 0.272 e. The second-order valence-corrected chi connectivity index (χ2v) is 6.53. The van der Waals surface area contributed by atoms with Crippen molar-refractivity contribution in [1.29, 1.82) is 0 Å². The lowest BCUT2D eigenvalue weighted by Gasteiger charge is -2.40. The third-order valence-corrected chi connectivity index (χ3v) is 5.91. The van der Waals surface area contributed by atoms with E-state index in [4.69, 9.17) is 19.9 Å². The number of rotatable bonds is 2. The Labute approximate surface area is 108 Å². The van der Waals surface area contributed by atoms with Gasteiger partial charge in [-0.1, -0.05) is 0 Å². The normalized spacial score (nSPS) is 49.3. The fourth-order valence-corrected chi connectivity index (χ4v) is 5.11. The van der Waals surface area contributed by atoms with Gasteiger partial charge in [-0.15, -0.1) is 0 Å². The van der Waals surface area contributed by atoms with Crippen molar-refractivity contribution in [3.63, 3.8) is 0 Å². The van der Waals surface area contributed by atoms with E-state index in [1.54, 1.807) is 0 Å². The number of nitrogens with two attached hydrogens (primary N) is 1. The Morgan fingerprint density at radius 1 is 1.22 bits per heavy atom. The molecule has 0 aromatic rings. The fourth-order valence-electron chi connectivity index (χ4n) is 5.11. The van der Waals surface area contributed by atoms with E-state index in [0.29, 0.717) is 18.1 Å². The number of hydrogen-bond donors (Lipinski definition) is 1. The quantitative estimate of drug-likeness (QED) is 0.812. The van der Waals surface area contributed by atoms with Crippen LogP contribution in [0.1, 0.15) is 39.0 Å². The Kier molecular flexibility index (Phi) is 2.54. The SMILES string of the molecule is CCOC1O[C@@H]2CC3(C[C@H]2O1)C1CC[C@H](C1)[C@H]3N. The van der Waals surface area contributed by atoms with Crippen LogP contribution in [0, 0.1) is 17.3 Å². The van der Waals surface area contributed by atoms with E-state index >= 15 is 0 Å². The Hall–Kier alpha value is -0.160. The molecule has 0 radical (unpaired) electrons. The topological polar surface area (TPSA) is 53.7 Å². The van der Waals surface area contributed by atoms with Gasteiger partial charge in [0.2, 0.25) is 0 Å². The molecule has 1 saturated heterocycles. The highest BCUT2D eigenvalue weighted by Crippen LogP contribution is 2.63. The largest absolute Gasteiger partial charge is 0.330 e. The lowest BCUT2D eigenvalue weighted by Crippen LogP contribution is -2.45. The fraction of sp³-hybridized carbons (Fsp3) is 1.00. The lowest BCUT2D eigenvalue weighted by molar-refractivity contribution is -0.247. The summed E-state index contributed by atoms with van der Waals surface area (Å²) in [5.41, 5.74) is 6.83. The van der Waals surface area contributed by atoms with Gasteiger partial charge < -0.3 is 19.9 Å². The predicted octanol–water partition coefficient (Wildman–Crippen LogP) is 1.63. The van der Waals surface area contributed by atoms with Crippen LogP contribution in [0.25, 0.3) is 0 Å². The van der Waals surface area contributed by atoms with E-state index in [9.17, 15) is 0 Å². The van der Waals surface area contributed by atoms with Gasteiger partial charge in [0.05, 0.1) is 12.2 Å². The van der Waals surface area contributed by atoms with Gasteiger partial charge >= 0.3 is 0 Å². The van der Waals surface area contributed by atoms with Gasteiger partial charge in [0.15, 0.2) is 0 Å². The average molecular weight is 253 g/mol. The summed E-state index contributed by atoms with van der Waals surface area (Å²) in [5, 5.41) is 0. The van der Waals surface area contributed by atoms with Crippen molar-refractivity contribution in [2.75, 3.05) is 6.61 Å². The van der Waals surface area contributed by atoms with Crippen molar-refractivity contribution in [3.05, 3.63) is 0 Å². The molecule has 2 bridgehead atoms. The van der Waals surface area contributed by atoms with Crippen LogP contribution in [0.5, 0.6) is 0 Å². The maximum Gasteiger partial charge on any atom is 0.272 e. The van der Waals surface area contributed by atoms with Gasteiger partial charge in [0.25, 0.3) is 6.48 Å². The van der Waals surface area contributed by atoms with E-state index in [1.165, 1.54) is 19.3 Å². The summed E-state index contributed by atoms with van der Waals surface area (Å²) >= 11 is 0. The van der Waals surface area contributed by atoms with E-state index in [2.05, 4.69) is 0 Å². The molecule has 4 fully saturated rings. The number of ether oxygens (including phenoxy) is 3. The molecule has 2 N–H and O–H groups in total. The highest BCUT2D eigenvalue weighted by Gasteiger charge is 2.63. The molecule has 4 nitrogen and oxygen atoms in total. The molecule has 18 heavy (non-hydrogen) atoms. The van der Waals surface area contributed by atoms with Gasteiger partial charge in [0, 0.05) is 12.6 Å². The number of fused-ring (bicyclic) bond motifs is 4. The Morgan fingerprint density at radius 2 is 1.94 bits per heavy atom. The van der Waals surface area contributed by atoms with Crippen LogP contribution >= 0.6 is 0 Å². The van der Waals surface area contributed by atoms with Crippen LogP contribution in [0.2, 0.25) is 0 Å². The Bertz CT molecular complexity index is 330. The second-order valence-electron chi connectivity index (χ2n) is 6.53. The Balaban J connectivity index is 1.50. The minimum absolute atomic E-state index is 0.215. The summed E-state index contributed by atoms with van der Waals surface area (Å²) in [6.45, 7) is 2.17. The van der Waals surface area contributed by atoms with Crippen molar-refractivity contribution in [2.24, 2.45) is 23.0 Å². The summed E-state index contributed by atoms with van der Waals surface area (Å²) in [6.07, 6.45) is 6.65. The molecule has 3 aliphatic carbocycles. The van der Waals surface area contributed by atoms with Gasteiger partial charge in [-0.25, -0.2) is 0 Å². The molecule has 1 spiro atoms. The summed E-state index contributed by atoms with van der Waals surface area (Å²) in [6, 6.07) is 0.375. The van der Waals surface area contributed by atoms with Gasteiger partial charge in [-0.3, -0.25) is 0 Å². The molecular weight excluding hydrogens is 230 g/mol. The first-order chi connectivity index (χ1) is 8.73. The molecule has 0 amide bonds. The van der Waals surface area contributed by atoms with Crippen molar-refractivity contribution in [2.45, 2.75) is 63.8 Å². The van der Waals surface area contributed by atoms with Crippen LogP contribution in [-0.4, -0.2) is 31.3 Å². The van der Waals surface area contributed by atoms with Crippen LogP contribution in [0.15, 0.2) is 0 Å². The molecule has 1 aliphatic heterocycles. The zero-order valence-electron chi connectivity index (χ0n) is 11.0. The molecule has 4 heteroatoms. The third kappa shape index (κ3) is 1.40. The summed E-state index contributed by atoms with van der Waals surface area (Å²) in [5.74, 6) is 1.58. The average Bonchev–Trinajstić information content (AvgIpc) is 3.02. The monoisotopic (exact) mass is 253 g/mol. The zero-order chi connectivity index (χ0) is 12.3. The van der Waals surface area contributed by atoms with Gasteiger partial charge in [-0.05, 0) is 56.3 Å². The number of hydrogen-bond acceptors (Lipinski definition) is 4.